The largest absolute Gasteiger partial charge is 0.497 e. The van der Waals surface area contributed by atoms with Gasteiger partial charge in [0.05, 0.1) is 13.2 Å². The zero-order valence-electron chi connectivity index (χ0n) is 18.8. The Morgan fingerprint density at radius 3 is 2.38 bits per heavy atom. The second-order valence-electron chi connectivity index (χ2n) is 8.82. The van der Waals surface area contributed by atoms with Crippen LogP contribution in [0.15, 0.2) is 54.6 Å². The van der Waals surface area contributed by atoms with Crippen molar-refractivity contribution in [2.45, 2.75) is 57.2 Å². The highest BCUT2D eigenvalue weighted by atomic mass is 16.5. The third kappa shape index (κ3) is 5.42. The quantitative estimate of drug-likeness (QED) is 0.706. The van der Waals surface area contributed by atoms with Gasteiger partial charge in [0.2, 0.25) is 5.91 Å². The molecule has 0 radical (unpaired) electrons. The number of carbonyl (C=O) groups is 2. The highest BCUT2D eigenvalue weighted by Crippen LogP contribution is 2.35. The molecule has 1 saturated heterocycles. The number of urea groups is 1. The van der Waals surface area contributed by atoms with E-state index in [4.69, 9.17) is 4.74 Å². The van der Waals surface area contributed by atoms with Crippen molar-refractivity contribution in [3.8, 4) is 5.75 Å². The molecule has 2 N–H and O–H groups in total. The maximum atomic E-state index is 13.2. The van der Waals surface area contributed by atoms with Gasteiger partial charge in [-0.15, -0.1) is 0 Å². The van der Waals surface area contributed by atoms with Crippen molar-refractivity contribution in [3.63, 3.8) is 0 Å². The third-order valence-electron chi connectivity index (χ3n) is 6.74. The predicted molar refractivity (Wildman–Crippen MR) is 124 cm³/mol. The fraction of sp³-hybridized carbons (Fsp3) is 0.462. The fourth-order valence-corrected chi connectivity index (χ4v) is 4.93. The Bertz CT molecular complexity index is 892. The van der Waals surface area contributed by atoms with E-state index in [0.717, 1.165) is 56.4 Å². The summed E-state index contributed by atoms with van der Waals surface area (Å²) in [6, 6.07) is 18.2. The number of amides is 3. The number of nitrogens with zero attached hydrogens (tertiary/aromatic N) is 1. The smallest absolute Gasteiger partial charge is 0.315 e. The second kappa shape index (κ2) is 10.5. The van der Waals surface area contributed by atoms with E-state index in [2.05, 4.69) is 27.7 Å². The molecule has 1 atom stereocenters. The number of hydrogen-bond acceptors (Lipinski definition) is 3. The van der Waals surface area contributed by atoms with Gasteiger partial charge in [-0.2, -0.15) is 0 Å². The maximum Gasteiger partial charge on any atom is 0.315 e. The molecule has 1 unspecified atom stereocenters. The summed E-state index contributed by atoms with van der Waals surface area (Å²) in [4.78, 5) is 27.6. The Morgan fingerprint density at radius 2 is 1.69 bits per heavy atom. The van der Waals surface area contributed by atoms with Crippen LogP contribution in [-0.2, 0) is 11.3 Å². The lowest BCUT2D eigenvalue weighted by Crippen LogP contribution is -2.45. The van der Waals surface area contributed by atoms with E-state index in [1.54, 1.807) is 7.11 Å². The van der Waals surface area contributed by atoms with E-state index in [1.807, 2.05) is 42.5 Å². The van der Waals surface area contributed by atoms with Crippen molar-refractivity contribution in [1.82, 2.24) is 15.5 Å². The molecule has 1 heterocycles. The zero-order chi connectivity index (χ0) is 22.3. The van der Waals surface area contributed by atoms with Crippen LogP contribution in [0.5, 0.6) is 5.75 Å². The topological polar surface area (TPSA) is 70.7 Å². The van der Waals surface area contributed by atoms with Crippen molar-refractivity contribution >= 4 is 11.9 Å². The van der Waals surface area contributed by atoms with Crippen molar-refractivity contribution in [2.75, 3.05) is 13.7 Å². The summed E-state index contributed by atoms with van der Waals surface area (Å²) in [5.41, 5.74) is 2.26. The van der Waals surface area contributed by atoms with Crippen LogP contribution in [0.1, 0.15) is 55.7 Å². The van der Waals surface area contributed by atoms with Crippen molar-refractivity contribution in [3.05, 3.63) is 65.7 Å². The average Bonchev–Trinajstić information content (AvgIpc) is 3.34. The second-order valence-corrected chi connectivity index (χ2v) is 8.82. The first-order chi connectivity index (χ1) is 15.6. The summed E-state index contributed by atoms with van der Waals surface area (Å²) in [5, 5.41) is 6.00. The fourth-order valence-electron chi connectivity index (χ4n) is 4.93. The normalized spacial score (nSPS) is 22.9. The van der Waals surface area contributed by atoms with Gasteiger partial charge in [0.15, 0.2) is 0 Å². The molecule has 4 rings (SSSR count). The molecular weight excluding hydrogens is 402 g/mol. The van der Waals surface area contributed by atoms with Crippen LogP contribution in [-0.4, -0.2) is 36.5 Å². The standard InChI is InChI=1S/C26H33N3O3/c1-32-23-15-9-19(10-16-23)18-27-26(31)28-22-13-11-21(12-14-22)25(30)29-17-5-8-24(29)20-6-3-2-4-7-20/h2-4,6-7,9-10,15-16,21-22,24H,5,8,11-14,17-18H2,1H3,(H2,27,28,31). The van der Waals surface area contributed by atoms with Crippen LogP contribution in [0.4, 0.5) is 4.79 Å². The first kappa shape index (κ1) is 22.2. The third-order valence-corrected chi connectivity index (χ3v) is 6.74. The molecule has 0 aromatic heterocycles. The van der Waals surface area contributed by atoms with Crippen LogP contribution in [0.25, 0.3) is 0 Å². The van der Waals surface area contributed by atoms with Crippen LogP contribution < -0.4 is 15.4 Å². The molecule has 6 heteroatoms. The first-order valence-electron chi connectivity index (χ1n) is 11.7. The molecular formula is C26H33N3O3. The van der Waals surface area contributed by atoms with E-state index in [1.165, 1.54) is 5.56 Å². The van der Waals surface area contributed by atoms with Gasteiger partial charge in [-0.3, -0.25) is 4.79 Å². The van der Waals surface area contributed by atoms with E-state index >= 15 is 0 Å². The maximum absolute atomic E-state index is 13.2. The van der Waals surface area contributed by atoms with E-state index in [-0.39, 0.29) is 24.0 Å². The van der Waals surface area contributed by atoms with Crippen LogP contribution in [0.2, 0.25) is 0 Å². The van der Waals surface area contributed by atoms with Gasteiger partial charge in [-0.05, 0) is 61.8 Å². The summed E-state index contributed by atoms with van der Waals surface area (Å²) in [6.45, 7) is 1.32. The van der Waals surface area contributed by atoms with Crippen LogP contribution >= 0.6 is 0 Å². The molecule has 1 aliphatic heterocycles. The van der Waals surface area contributed by atoms with Gasteiger partial charge in [0.25, 0.3) is 0 Å². The van der Waals surface area contributed by atoms with Crippen molar-refractivity contribution in [2.24, 2.45) is 5.92 Å². The summed E-state index contributed by atoms with van der Waals surface area (Å²) < 4.78 is 5.15. The molecule has 2 aromatic rings. The first-order valence-corrected chi connectivity index (χ1v) is 11.7. The minimum atomic E-state index is -0.153. The number of benzene rings is 2. The highest BCUT2D eigenvalue weighted by Gasteiger charge is 2.35. The number of nitrogens with one attached hydrogen (secondary N) is 2. The Kier molecular flexibility index (Phi) is 7.30. The Hall–Kier alpha value is -3.02. The minimum absolute atomic E-state index is 0.0692. The summed E-state index contributed by atoms with van der Waals surface area (Å²) in [5.74, 6) is 1.16. The van der Waals surface area contributed by atoms with Gasteiger partial charge < -0.3 is 20.3 Å². The molecule has 0 spiro atoms. The number of hydrogen-bond donors (Lipinski definition) is 2. The molecule has 2 fully saturated rings. The Morgan fingerprint density at radius 1 is 0.969 bits per heavy atom. The Balaban J connectivity index is 1.22. The molecule has 2 aliphatic rings. The van der Waals surface area contributed by atoms with Gasteiger partial charge in [0.1, 0.15) is 5.75 Å². The van der Waals surface area contributed by atoms with E-state index in [9.17, 15) is 9.59 Å². The molecule has 2 aromatic carbocycles. The van der Waals surface area contributed by atoms with Crippen LogP contribution in [0, 0.1) is 5.92 Å². The molecule has 170 valence electrons. The lowest BCUT2D eigenvalue weighted by molar-refractivity contribution is -0.137. The number of rotatable bonds is 6. The molecule has 0 bridgehead atoms. The lowest BCUT2D eigenvalue weighted by atomic mass is 9.85. The predicted octanol–water partition coefficient (Wildman–Crippen LogP) is 4.42. The Labute approximate surface area is 190 Å². The van der Waals surface area contributed by atoms with Crippen molar-refractivity contribution < 1.29 is 14.3 Å². The summed E-state index contributed by atoms with van der Waals surface area (Å²) in [7, 11) is 1.63. The number of likely N-dealkylation sites (tertiary alicyclic amines) is 1. The SMILES string of the molecule is COc1ccc(CNC(=O)NC2CCC(C(=O)N3CCCC3c3ccccc3)CC2)cc1. The van der Waals surface area contributed by atoms with Gasteiger partial charge >= 0.3 is 6.03 Å². The van der Waals surface area contributed by atoms with Gasteiger partial charge in [0, 0.05) is 25.0 Å². The molecule has 3 amide bonds. The average molecular weight is 436 g/mol. The number of ether oxygens (including phenoxy) is 1. The monoisotopic (exact) mass is 435 g/mol. The van der Waals surface area contributed by atoms with E-state index < -0.39 is 0 Å². The highest BCUT2D eigenvalue weighted by molar-refractivity contribution is 5.80. The van der Waals surface area contributed by atoms with Gasteiger partial charge in [-0.1, -0.05) is 42.5 Å². The molecule has 1 saturated carbocycles. The van der Waals surface area contributed by atoms with Gasteiger partial charge in [-0.25, -0.2) is 4.79 Å². The lowest BCUT2D eigenvalue weighted by Gasteiger charge is -2.33. The molecule has 6 nitrogen and oxygen atoms in total. The zero-order valence-corrected chi connectivity index (χ0v) is 18.8. The van der Waals surface area contributed by atoms with E-state index in [0.29, 0.717) is 12.5 Å². The molecule has 32 heavy (non-hydrogen) atoms. The number of methoxy groups -OCH3 is 1. The van der Waals surface area contributed by atoms with Crippen LogP contribution in [0.3, 0.4) is 0 Å². The summed E-state index contributed by atoms with van der Waals surface area (Å²) >= 11 is 0. The minimum Gasteiger partial charge on any atom is -0.497 e. The van der Waals surface area contributed by atoms with Crippen molar-refractivity contribution in [1.29, 1.82) is 0 Å². The molecule has 1 aliphatic carbocycles. The number of carbonyl (C=O) groups excluding carboxylic acids is 2. The summed E-state index contributed by atoms with van der Waals surface area (Å²) in [6.07, 6.45) is 5.46.